The largest absolute Gasteiger partial charge is 0.481 e. The van der Waals surface area contributed by atoms with Gasteiger partial charge in [0.1, 0.15) is 18.1 Å². The number of carbonyl (C=O) groups excluding carboxylic acids is 5. The number of carboxylic acid groups (broad SMARTS) is 1. The topological polar surface area (TPSA) is 195 Å². The lowest BCUT2D eigenvalue weighted by Gasteiger charge is -2.29. The maximum Gasteiger partial charge on any atom is 0.303 e. The second-order valence-corrected chi connectivity index (χ2v) is 15.0. The van der Waals surface area contributed by atoms with Crippen molar-refractivity contribution < 1.29 is 33.9 Å². The number of nitrogens with one attached hydrogen (secondary N) is 6. The Labute approximate surface area is 300 Å². The lowest BCUT2D eigenvalue weighted by atomic mass is 9.89. The molecule has 1 fully saturated rings. The monoisotopic (exact) mass is 709 g/mol. The van der Waals surface area contributed by atoms with Gasteiger partial charge in [0.2, 0.25) is 29.5 Å². The van der Waals surface area contributed by atoms with Gasteiger partial charge in [0.25, 0.3) is 0 Å². The molecule has 0 heterocycles. The summed E-state index contributed by atoms with van der Waals surface area (Å²) < 4.78 is 0. The first-order valence-corrected chi connectivity index (χ1v) is 19.0. The Balaban J connectivity index is 2.86. The van der Waals surface area contributed by atoms with E-state index in [-0.39, 0.29) is 60.8 Å². The number of rotatable bonds is 24. The predicted molar refractivity (Wildman–Crippen MR) is 195 cm³/mol. The van der Waals surface area contributed by atoms with Crippen molar-refractivity contribution in [3.63, 3.8) is 0 Å². The van der Waals surface area contributed by atoms with E-state index in [0.717, 1.165) is 12.8 Å². The number of amides is 5. The zero-order valence-corrected chi connectivity index (χ0v) is 32.0. The van der Waals surface area contributed by atoms with Crippen molar-refractivity contribution in [2.24, 2.45) is 23.7 Å². The molecule has 1 unspecified atom stereocenters. The molecule has 50 heavy (non-hydrogen) atoms. The first kappa shape index (κ1) is 44.8. The van der Waals surface area contributed by atoms with Gasteiger partial charge < -0.3 is 37.0 Å². The van der Waals surface area contributed by atoms with Crippen LogP contribution in [0.5, 0.6) is 0 Å². The van der Waals surface area contributed by atoms with Gasteiger partial charge in [-0.1, -0.05) is 80.6 Å². The van der Waals surface area contributed by atoms with Crippen LogP contribution in [0.15, 0.2) is 0 Å². The first-order chi connectivity index (χ1) is 23.6. The number of hydrogen-bond donors (Lipinski definition) is 7. The average Bonchev–Trinajstić information content (AvgIpc) is 3.06. The van der Waals surface area contributed by atoms with Crippen molar-refractivity contribution in [1.82, 2.24) is 31.9 Å². The Bertz CT molecular complexity index is 1080. The summed E-state index contributed by atoms with van der Waals surface area (Å²) >= 11 is 0. The summed E-state index contributed by atoms with van der Waals surface area (Å²) in [5.74, 6) is -2.29. The first-order valence-electron chi connectivity index (χ1n) is 19.0. The summed E-state index contributed by atoms with van der Waals surface area (Å²) in [4.78, 5) is 76.6. The fraction of sp³-hybridized carbons (Fsp3) is 0.838. The van der Waals surface area contributed by atoms with Crippen LogP contribution < -0.4 is 31.9 Å². The number of aliphatic carboxylic acids is 1. The molecule has 13 heteroatoms. The Kier molecular flexibility index (Phi) is 21.6. The molecule has 7 N–H and O–H groups in total. The predicted octanol–water partition coefficient (Wildman–Crippen LogP) is 3.40. The molecule has 5 amide bonds. The lowest BCUT2D eigenvalue weighted by Crippen LogP contribution is -2.58. The maximum absolute atomic E-state index is 13.6. The zero-order valence-electron chi connectivity index (χ0n) is 32.0. The second kappa shape index (κ2) is 24.1. The van der Waals surface area contributed by atoms with Crippen LogP contribution in [-0.4, -0.2) is 83.9 Å². The standard InChI is InChI=1S/C37H68N6O7/c1-9-15-29(41-37(50)33(25(7)10-2)42-30(44)18-14-19-31(45)46)35(48)40-28(20-23(3)4)22-38-26(8)34(47)43-32(24(5)6)36(49)39-21-27-16-12-11-13-17-27/h23-29,32-33,38H,9-22H2,1-8H3,(H,39,49)(H,40,48)(H,41,50)(H,42,44)(H,43,47)(H,45,46)/t25-,26-,28?,29-,32-,33-/m0/s1. The van der Waals surface area contributed by atoms with Gasteiger partial charge in [-0.05, 0) is 62.7 Å². The normalized spacial score (nSPS) is 17.2. The van der Waals surface area contributed by atoms with Gasteiger partial charge in [-0.25, -0.2) is 0 Å². The third-order valence-corrected chi connectivity index (χ3v) is 9.52. The summed E-state index contributed by atoms with van der Waals surface area (Å²) in [7, 11) is 0. The Morgan fingerprint density at radius 3 is 1.96 bits per heavy atom. The summed E-state index contributed by atoms with van der Waals surface area (Å²) in [6.45, 7) is 16.2. The minimum atomic E-state index is -0.991. The highest BCUT2D eigenvalue weighted by Crippen LogP contribution is 2.23. The Morgan fingerprint density at radius 2 is 1.40 bits per heavy atom. The number of hydrogen-bond acceptors (Lipinski definition) is 7. The van der Waals surface area contributed by atoms with Gasteiger partial charge >= 0.3 is 5.97 Å². The summed E-state index contributed by atoms with van der Waals surface area (Å²) in [5, 5.41) is 26.7. The molecule has 1 rings (SSSR count). The molecule has 1 saturated carbocycles. The van der Waals surface area contributed by atoms with E-state index in [2.05, 4.69) is 31.9 Å². The average molecular weight is 709 g/mol. The minimum absolute atomic E-state index is 0.0164. The van der Waals surface area contributed by atoms with E-state index in [1.165, 1.54) is 19.3 Å². The third-order valence-electron chi connectivity index (χ3n) is 9.52. The Morgan fingerprint density at radius 1 is 0.740 bits per heavy atom. The van der Waals surface area contributed by atoms with Gasteiger partial charge in [-0.15, -0.1) is 0 Å². The van der Waals surface area contributed by atoms with E-state index in [0.29, 0.717) is 44.7 Å². The van der Waals surface area contributed by atoms with E-state index in [9.17, 15) is 28.8 Å². The van der Waals surface area contributed by atoms with Crippen molar-refractivity contribution in [1.29, 1.82) is 0 Å². The van der Waals surface area contributed by atoms with Crippen LogP contribution in [0.3, 0.4) is 0 Å². The number of carbonyl (C=O) groups is 6. The molecular formula is C37H68N6O7. The molecular weight excluding hydrogens is 640 g/mol. The van der Waals surface area contributed by atoms with Gasteiger partial charge in [0.05, 0.1) is 6.04 Å². The zero-order chi connectivity index (χ0) is 37.8. The van der Waals surface area contributed by atoms with Crippen LogP contribution in [-0.2, 0) is 28.8 Å². The van der Waals surface area contributed by atoms with Crippen molar-refractivity contribution in [2.45, 2.75) is 163 Å². The van der Waals surface area contributed by atoms with Gasteiger partial charge in [-0.2, -0.15) is 0 Å². The van der Waals surface area contributed by atoms with Gasteiger partial charge in [0, 0.05) is 32.0 Å². The molecule has 6 atom stereocenters. The summed E-state index contributed by atoms with van der Waals surface area (Å²) in [5.41, 5.74) is 0. The molecule has 1 aliphatic rings. The van der Waals surface area contributed by atoms with Crippen LogP contribution in [0.25, 0.3) is 0 Å². The smallest absolute Gasteiger partial charge is 0.303 e. The highest BCUT2D eigenvalue weighted by Gasteiger charge is 2.31. The molecule has 288 valence electrons. The SMILES string of the molecule is CCC[C@H](NC(=O)[C@@H](NC(=O)CCCC(=O)O)[C@@H](C)CC)C(=O)NC(CN[C@@H](C)C(=O)N[C@H](C(=O)NCC1CCCCC1)C(C)C)CC(C)C. The molecule has 0 spiro atoms. The van der Waals surface area contributed by atoms with E-state index >= 15 is 0 Å². The van der Waals surface area contributed by atoms with Gasteiger partial charge in [0.15, 0.2) is 0 Å². The molecule has 1 aliphatic carbocycles. The fourth-order valence-corrected chi connectivity index (χ4v) is 6.20. The Hall–Kier alpha value is -3.22. The van der Waals surface area contributed by atoms with Crippen LogP contribution in [0, 0.1) is 23.7 Å². The molecule has 0 aromatic heterocycles. The van der Waals surface area contributed by atoms with Crippen LogP contribution in [0.2, 0.25) is 0 Å². The minimum Gasteiger partial charge on any atom is -0.481 e. The summed E-state index contributed by atoms with van der Waals surface area (Å²) in [6, 6.07) is -3.34. The van der Waals surface area contributed by atoms with Crippen molar-refractivity contribution in [2.75, 3.05) is 13.1 Å². The number of carboxylic acids is 1. The van der Waals surface area contributed by atoms with Crippen LogP contribution in [0.1, 0.15) is 132 Å². The van der Waals surface area contributed by atoms with Crippen LogP contribution >= 0.6 is 0 Å². The molecule has 0 aliphatic heterocycles. The lowest BCUT2D eigenvalue weighted by molar-refractivity contribution is -0.137. The quantitative estimate of drug-likeness (QED) is 0.0793. The third kappa shape index (κ3) is 17.6. The van der Waals surface area contributed by atoms with E-state index in [4.69, 9.17) is 5.11 Å². The highest BCUT2D eigenvalue weighted by atomic mass is 16.4. The summed E-state index contributed by atoms with van der Waals surface area (Å²) in [6.07, 6.45) is 8.12. The molecule has 0 aromatic rings. The molecule has 13 nitrogen and oxygen atoms in total. The van der Waals surface area contributed by atoms with Crippen molar-refractivity contribution >= 4 is 35.5 Å². The van der Waals surface area contributed by atoms with E-state index in [1.54, 1.807) is 6.92 Å². The van der Waals surface area contributed by atoms with E-state index < -0.39 is 42.0 Å². The van der Waals surface area contributed by atoms with Crippen molar-refractivity contribution in [3.05, 3.63) is 0 Å². The second-order valence-electron chi connectivity index (χ2n) is 15.0. The van der Waals surface area contributed by atoms with E-state index in [1.807, 2.05) is 48.5 Å². The van der Waals surface area contributed by atoms with Gasteiger partial charge in [-0.3, -0.25) is 28.8 Å². The molecule has 0 bridgehead atoms. The maximum atomic E-state index is 13.6. The van der Waals surface area contributed by atoms with Crippen molar-refractivity contribution in [3.8, 4) is 0 Å². The van der Waals surface area contributed by atoms with Crippen LogP contribution in [0.4, 0.5) is 0 Å². The molecule has 0 aromatic carbocycles. The highest BCUT2D eigenvalue weighted by molar-refractivity contribution is 5.92. The molecule has 0 radical (unpaired) electrons. The fourth-order valence-electron chi connectivity index (χ4n) is 6.20. The molecule has 0 saturated heterocycles.